The van der Waals surface area contributed by atoms with E-state index in [0.29, 0.717) is 0 Å². The van der Waals surface area contributed by atoms with Crippen LogP contribution in [-0.4, -0.2) is 0 Å². The fraction of sp³-hybridized carbons (Fsp3) is 0.714. The zero-order valence-corrected chi connectivity index (χ0v) is 28.8. The van der Waals surface area contributed by atoms with Crippen LogP contribution in [0.5, 0.6) is 11.5 Å². The summed E-state index contributed by atoms with van der Waals surface area (Å²) in [6, 6.07) is 17.5. The minimum absolute atomic E-state index is 0.943. The van der Waals surface area contributed by atoms with E-state index in [2.05, 4.69) is 62.4 Å². The molecule has 0 saturated heterocycles. The first-order valence-electron chi connectivity index (χ1n) is 19.2. The summed E-state index contributed by atoms with van der Waals surface area (Å²) in [5.74, 6) is 1.89. The van der Waals surface area contributed by atoms with Gasteiger partial charge in [-0.05, 0) is 61.1 Å². The minimum atomic E-state index is 0.943. The van der Waals surface area contributed by atoms with Crippen molar-refractivity contribution in [2.45, 2.75) is 194 Å². The Morgan fingerprint density at radius 3 is 0.791 bits per heavy atom. The lowest BCUT2D eigenvalue weighted by Crippen LogP contribution is -1.90. The van der Waals surface area contributed by atoms with Crippen LogP contribution >= 0.6 is 0 Å². The van der Waals surface area contributed by atoms with Gasteiger partial charge < -0.3 is 4.74 Å². The van der Waals surface area contributed by atoms with Gasteiger partial charge in [-0.2, -0.15) is 0 Å². The van der Waals surface area contributed by atoms with E-state index in [-0.39, 0.29) is 0 Å². The normalized spacial score (nSPS) is 11.3. The molecule has 1 heteroatoms. The molecule has 1 nitrogen and oxygen atoms in total. The molecule has 0 saturated carbocycles. The van der Waals surface area contributed by atoms with Crippen LogP contribution in [0.1, 0.15) is 192 Å². The molecule has 0 bridgehead atoms. The predicted octanol–water partition coefficient (Wildman–Crippen LogP) is 14.7. The van der Waals surface area contributed by atoms with Gasteiger partial charge in [-0.15, -0.1) is 0 Å². The van der Waals surface area contributed by atoms with Crippen LogP contribution in [0.15, 0.2) is 48.5 Å². The quantitative estimate of drug-likeness (QED) is 0.0822. The topological polar surface area (TPSA) is 9.23 Å². The van der Waals surface area contributed by atoms with Crippen molar-refractivity contribution in [1.82, 2.24) is 0 Å². The molecule has 0 aliphatic rings. The number of benzene rings is 2. The van der Waals surface area contributed by atoms with Gasteiger partial charge in [0.05, 0.1) is 0 Å². The minimum Gasteiger partial charge on any atom is -0.457 e. The molecule has 0 N–H and O–H groups in total. The van der Waals surface area contributed by atoms with Crippen LogP contribution in [0.3, 0.4) is 0 Å². The molecule has 0 heterocycles. The predicted molar refractivity (Wildman–Crippen MR) is 192 cm³/mol. The highest BCUT2D eigenvalue weighted by molar-refractivity contribution is 5.34. The van der Waals surface area contributed by atoms with E-state index in [4.69, 9.17) is 4.74 Å². The second kappa shape index (κ2) is 27.8. The van der Waals surface area contributed by atoms with E-state index >= 15 is 0 Å². The summed E-state index contributed by atoms with van der Waals surface area (Å²) in [5, 5.41) is 0. The molecule has 0 aliphatic heterocycles. The first kappa shape index (κ1) is 37.4. The van der Waals surface area contributed by atoms with E-state index in [1.54, 1.807) is 0 Å². The maximum absolute atomic E-state index is 6.13. The number of rotatable bonds is 30. The van der Waals surface area contributed by atoms with Crippen molar-refractivity contribution in [3.8, 4) is 11.5 Å². The summed E-state index contributed by atoms with van der Waals surface area (Å²) >= 11 is 0. The zero-order valence-electron chi connectivity index (χ0n) is 28.8. The van der Waals surface area contributed by atoms with Crippen LogP contribution in [0.4, 0.5) is 0 Å². The van der Waals surface area contributed by atoms with Crippen molar-refractivity contribution >= 4 is 0 Å². The van der Waals surface area contributed by atoms with Crippen molar-refractivity contribution in [1.29, 1.82) is 0 Å². The summed E-state index contributed by atoms with van der Waals surface area (Å²) in [4.78, 5) is 0. The molecule has 0 spiro atoms. The molecule has 2 rings (SSSR count). The maximum Gasteiger partial charge on any atom is 0.127 e. The van der Waals surface area contributed by atoms with E-state index in [0.717, 1.165) is 11.5 Å². The van der Waals surface area contributed by atoms with Crippen LogP contribution in [0, 0.1) is 0 Å². The van der Waals surface area contributed by atoms with E-state index in [1.165, 1.54) is 191 Å². The Kier molecular flexibility index (Phi) is 24.2. The summed E-state index contributed by atoms with van der Waals surface area (Å²) in [6.07, 6.45) is 39.1. The van der Waals surface area contributed by atoms with Gasteiger partial charge in [-0.3, -0.25) is 0 Å². The summed E-state index contributed by atoms with van der Waals surface area (Å²) < 4.78 is 6.13. The molecule has 0 fully saturated rings. The number of aryl methyl sites for hydroxylation is 2. The SMILES string of the molecule is CCCCCCCCCCCCCCCc1ccc(Oc2ccc(CCCCCCCCCCCCCCC)cc2)cc1. The lowest BCUT2D eigenvalue weighted by Gasteiger charge is -2.08. The molecule has 0 unspecified atom stereocenters. The third-order valence-corrected chi connectivity index (χ3v) is 9.22. The number of ether oxygens (including phenoxy) is 1. The molecule has 0 aliphatic carbocycles. The first-order valence-corrected chi connectivity index (χ1v) is 19.2. The molecular weight excluding hydrogens is 520 g/mol. The Balaban J connectivity index is 1.43. The van der Waals surface area contributed by atoms with Crippen molar-refractivity contribution in [3.05, 3.63) is 59.7 Å². The second-order valence-electron chi connectivity index (χ2n) is 13.4. The summed E-state index contributed by atoms with van der Waals surface area (Å²) in [5.41, 5.74) is 2.87. The highest BCUT2D eigenvalue weighted by atomic mass is 16.5. The summed E-state index contributed by atoms with van der Waals surface area (Å²) in [6.45, 7) is 4.59. The standard InChI is InChI=1S/C42H70O/c1-3-5-7-9-11-13-15-17-19-21-23-25-27-29-39-31-35-41(36-32-39)43-42-37-33-40(34-38-42)30-28-26-24-22-20-18-16-14-12-10-8-6-4-2/h31-38H,3-30H2,1-2H3. The lowest BCUT2D eigenvalue weighted by molar-refractivity contribution is 0.482. The first-order chi connectivity index (χ1) is 21.3. The maximum atomic E-state index is 6.13. The van der Waals surface area contributed by atoms with Crippen LogP contribution in [-0.2, 0) is 12.8 Å². The lowest BCUT2D eigenvalue weighted by atomic mass is 10.0. The van der Waals surface area contributed by atoms with Crippen molar-refractivity contribution in [3.63, 3.8) is 0 Å². The van der Waals surface area contributed by atoms with Crippen LogP contribution in [0.25, 0.3) is 0 Å². The average molecular weight is 591 g/mol. The third kappa shape index (κ3) is 21.6. The number of hydrogen-bond donors (Lipinski definition) is 0. The van der Waals surface area contributed by atoms with Gasteiger partial charge in [0.25, 0.3) is 0 Å². The van der Waals surface area contributed by atoms with Crippen molar-refractivity contribution in [2.75, 3.05) is 0 Å². The van der Waals surface area contributed by atoms with Crippen molar-refractivity contribution in [2.24, 2.45) is 0 Å². The van der Waals surface area contributed by atoms with Gasteiger partial charge in [-0.1, -0.05) is 192 Å². The zero-order chi connectivity index (χ0) is 30.5. The van der Waals surface area contributed by atoms with Gasteiger partial charge in [0.2, 0.25) is 0 Å². The second-order valence-corrected chi connectivity index (χ2v) is 13.4. The Hall–Kier alpha value is -1.76. The largest absolute Gasteiger partial charge is 0.457 e. The highest BCUT2D eigenvalue weighted by Crippen LogP contribution is 2.24. The molecule has 0 amide bonds. The highest BCUT2D eigenvalue weighted by Gasteiger charge is 2.01. The van der Waals surface area contributed by atoms with Gasteiger partial charge >= 0.3 is 0 Å². The van der Waals surface area contributed by atoms with Gasteiger partial charge in [0, 0.05) is 0 Å². The molecule has 244 valence electrons. The van der Waals surface area contributed by atoms with Gasteiger partial charge in [0.15, 0.2) is 0 Å². The summed E-state index contributed by atoms with van der Waals surface area (Å²) in [7, 11) is 0. The third-order valence-electron chi connectivity index (χ3n) is 9.22. The molecule has 0 radical (unpaired) electrons. The van der Waals surface area contributed by atoms with E-state index in [1.807, 2.05) is 0 Å². The number of unbranched alkanes of at least 4 members (excludes halogenated alkanes) is 24. The van der Waals surface area contributed by atoms with E-state index < -0.39 is 0 Å². The molecule has 43 heavy (non-hydrogen) atoms. The Morgan fingerprint density at radius 2 is 0.535 bits per heavy atom. The molecule has 2 aromatic rings. The fourth-order valence-electron chi connectivity index (χ4n) is 6.28. The van der Waals surface area contributed by atoms with Gasteiger partial charge in [-0.25, -0.2) is 0 Å². The fourth-order valence-corrected chi connectivity index (χ4v) is 6.28. The number of hydrogen-bond acceptors (Lipinski definition) is 1. The van der Waals surface area contributed by atoms with E-state index in [9.17, 15) is 0 Å². The van der Waals surface area contributed by atoms with Crippen LogP contribution in [0.2, 0.25) is 0 Å². The van der Waals surface area contributed by atoms with Crippen LogP contribution < -0.4 is 4.74 Å². The Labute approximate surface area is 269 Å². The monoisotopic (exact) mass is 591 g/mol. The molecule has 0 atom stereocenters. The average Bonchev–Trinajstić information content (AvgIpc) is 3.03. The Morgan fingerprint density at radius 1 is 0.302 bits per heavy atom. The smallest absolute Gasteiger partial charge is 0.127 e. The molecule has 2 aromatic carbocycles. The molecule has 0 aromatic heterocycles. The van der Waals surface area contributed by atoms with Crippen molar-refractivity contribution < 1.29 is 4.74 Å². The van der Waals surface area contributed by atoms with Gasteiger partial charge in [0.1, 0.15) is 11.5 Å². The Bertz CT molecular complexity index is 765. The molecular formula is C42H70O.